The Bertz CT molecular complexity index is 1330. The lowest BCUT2D eigenvalue weighted by atomic mass is 10.1. The first-order valence-electron chi connectivity index (χ1n) is 11.2. The van der Waals surface area contributed by atoms with Gasteiger partial charge in [0.2, 0.25) is 10.0 Å². The van der Waals surface area contributed by atoms with E-state index in [1.165, 1.54) is 6.07 Å². The molecule has 1 atom stereocenters. The highest BCUT2D eigenvalue weighted by Gasteiger charge is 2.47. The number of piperazine rings is 1. The quantitative estimate of drug-likeness (QED) is 0.292. The topological polar surface area (TPSA) is 183 Å². The number of aliphatic imine (C=N–C) groups is 1. The molecule has 37 heavy (non-hydrogen) atoms. The fourth-order valence-corrected chi connectivity index (χ4v) is 6.20. The smallest absolute Gasteiger partial charge is 0.320 e. The number of amidine groups is 1. The Morgan fingerprint density at radius 3 is 2.70 bits per heavy atom. The molecule has 5 N–H and O–H groups in total. The van der Waals surface area contributed by atoms with Gasteiger partial charge >= 0.3 is 6.03 Å². The number of nitriles is 1. The molecule has 0 aromatic heterocycles. The van der Waals surface area contributed by atoms with Gasteiger partial charge in [-0.2, -0.15) is 9.98 Å². The summed E-state index contributed by atoms with van der Waals surface area (Å²) >= 11 is 0.228. The molecule has 4 rings (SSSR count). The maximum atomic E-state index is 13.2. The molecule has 0 bridgehead atoms. The molecule has 12 nitrogen and oxygen atoms in total. The molecule has 2 saturated heterocycles. The van der Waals surface area contributed by atoms with Gasteiger partial charge < -0.3 is 25.8 Å². The number of hydrogen-bond acceptors (Lipinski definition) is 9. The van der Waals surface area contributed by atoms with Gasteiger partial charge in [0.15, 0.2) is 5.17 Å². The number of hydrogen-bond donors (Lipinski definition) is 4. The second-order valence-corrected chi connectivity index (χ2v) is 11.7. The Morgan fingerprint density at radius 1 is 1.41 bits per heavy atom. The average Bonchev–Trinajstić information content (AvgIpc) is 3.55. The molecule has 2 aliphatic heterocycles. The van der Waals surface area contributed by atoms with Gasteiger partial charge in [-0.25, -0.2) is 27.0 Å². The third-order valence-electron chi connectivity index (χ3n) is 6.38. The second-order valence-electron chi connectivity index (χ2n) is 8.99. The first kappa shape index (κ1) is 26.8. The summed E-state index contributed by atoms with van der Waals surface area (Å²) in [6, 6.07) is 4.24. The van der Waals surface area contributed by atoms with Crippen LogP contribution in [0.15, 0.2) is 22.0 Å². The average molecular weight is 556 g/mol. The Hall–Kier alpha value is -3.29. The van der Waals surface area contributed by atoms with Crippen molar-refractivity contribution in [3.05, 3.63) is 17.7 Å². The molecule has 3 aliphatic rings. The van der Waals surface area contributed by atoms with Gasteiger partial charge in [-0.1, -0.05) is 0 Å². The number of anilines is 1. The number of urea groups is 1. The lowest BCUT2D eigenvalue weighted by Gasteiger charge is -2.38. The van der Waals surface area contributed by atoms with E-state index in [0.717, 1.165) is 12.3 Å². The van der Waals surface area contributed by atoms with Crippen LogP contribution < -0.4 is 15.4 Å². The van der Waals surface area contributed by atoms with Crippen molar-refractivity contribution in [1.82, 2.24) is 14.5 Å². The lowest BCUT2D eigenvalue weighted by Crippen LogP contribution is -2.52. The van der Waals surface area contributed by atoms with E-state index in [2.05, 4.69) is 9.71 Å². The van der Waals surface area contributed by atoms with E-state index in [1.807, 2.05) is 11.0 Å². The molecular formula is C21H27F2N9O3S2. The summed E-state index contributed by atoms with van der Waals surface area (Å²) in [5.74, 6) is 0. The van der Waals surface area contributed by atoms with Gasteiger partial charge in [0, 0.05) is 52.1 Å². The summed E-state index contributed by atoms with van der Waals surface area (Å²) in [5, 5.41) is 23.3. The molecule has 1 aliphatic carbocycles. The van der Waals surface area contributed by atoms with Crippen LogP contribution in [0, 0.1) is 22.1 Å². The van der Waals surface area contributed by atoms with Crippen LogP contribution in [0.3, 0.4) is 0 Å². The van der Waals surface area contributed by atoms with Crippen LogP contribution in [0.4, 0.5) is 25.0 Å². The third-order valence-corrected chi connectivity index (χ3v) is 8.60. The minimum atomic E-state index is -4.21. The lowest BCUT2D eigenvalue weighted by molar-refractivity contribution is 0.187. The Morgan fingerprint density at radius 2 is 2.11 bits per heavy atom. The Kier molecular flexibility index (Phi) is 7.14. The fraction of sp³-hybridized carbons (Fsp3) is 0.476. The van der Waals surface area contributed by atoms with E-state index in [4.69, 9.17) is 16.6 Å². The van der Waals surface area contributed by atoms with E-state index in [1.54, 1.807) is 16.8 Å². The van der Waals surface area contributed by atoms with Gasteiger partial charge in [-0.05, 0) is 36.7 Å². The van der Waals surface area contributed by atoms with E-state index >= 15 is 0 Å². The predicted octanol–water partition coefficient (Wildman–Crippen LogP) is 1.74. The number of nitrogens with one attached hydrogen (secondary N) is 3. The van der Waals surface area contributed by atoms with E-state index in [9.17, 15) is 27.3 Å². The number of carbonyl (C=O) groups excluding carboxylic acids is 1. The van der Waals surface area contributed by atoms with E-state index in [0.29, 0.717) is 44.7 Å². The minimum absolute atomic E-state index is 0. The summed E-state index contributed by atoms with van der Waals surface area (Å²) in [4.78, 5) is 21.4. The Balaban J connectivity index is 0.00000400. The molecule has 0 unspecified atom stereocenters. The predicted molar refractivity (Wildman–Crippen MR) is 138 cm³/mol. The van der Waals surface area contributed by atoms with Crippen molar-refractivity contribution < 1.29 is 23.4 Å². The highest BCUT2D eigenvalue weighted by atomic mass is 32.2. The Labute approximate surface area is 218 Å². The number of alkyl halides is 2. The van der Waals surface area contributed by atoms with Gasteiger partial charge in [0.1, 0.15) is 10.6 Å². The van der Waals surface area contributed by atoms with Crippen LogP contribution >= 0.6 is 11.8 Å². The second kappa shape index (κ2) is 9.88. The maximum absolute atomic E-state index is 13.2. The van der Waals surface area contributed by atoms with Crippen molar-refractivity contribution in [2.75, 3.05) is 38.1 Å². The molecule has 3 fully saturated rings. The molecular weight excluding hydrogens is 528 g/mol. The number of rotatable bonds is 7. The largest absolute Gasteiger partial charge is 0.378 e. The van der Waals surface area contributed by atoms with Gasteiger partial charge in [0.25, 0.3) is 6.43 Å². The van der Waals surface area contributed by atoms with Crippen molar-refractivity contribution in [1.29, 1.82) is 16.1 Å². The zero-order valence-corrected chi connectivity index (χ0v) is 21.4. The van der Waals surface area contributed by atoms with Crippen LogP contribution in [0.2, 0.25) is 0 Å². The van der Waals surface area contributed by atoms with Crippen molar-refractivity contribution in [3.8, 4) is 6.07 Å². The number of amides is 2. The molecule has 0 spiro atoms. The standard InChI is InChI=1S/C21H25F2N9O3S2.H2/c1-30-9-12-10-31(4-5-32(12)20(30)33)16-7-13(37(34,35)29-21(11-25)2-3-21)6-15(14(16)8-24)28-19(27)36-18(26)17(22)23;/h6-8,12,17,24,26,29H,2-5,9-10H2,1H3,(H2,27,28);1H/t12-;/m0./s1. The van der Waals surface area contributed by atoms with Crippen molar-refractivity contribution in [2.45, 2.75) is 35.7 Å². The summed E-state index contributed by atoms with van der Waals surface area (Å²) in [6.45, 7) is 1.56. The van der Waals surface area contributed by atoms with Crippen molar-refractivity contribution >= 4 is 55.6 Å². The first-order valence-corrected chi connectivity index (χ1v) is 13.5. The van der Waals surface area contributed by atoms with Crippen LogP contribution in [0.25, 0.3) is 0 Å². The number of sulfonamides is 1. The zero-order chi connectivity index (χ0) is 27.1. The number of likely N-dealkylation sites (N-methyl/N-ethyl adjacent to an activating group) is 1. The molecule has 1 aromatic carbocycles. The molecule has 1 aromatic rings. The maximum Gasteiger partial charge on any atom is 0.320 e. The van der Waals surface area contributed by atoms with Crippen molar-refractivity contribution in [2.24, 2.45) is 10.7 Å². The monoisotopic (exact) mass is 555 g/mol. The number of thioether (sulfide) groups is 1. The van der Waals surface area contributed by atoms with E-state index in [-0.39, 0.29) is 41.4 Å². The highest BCUT2D eigenvalue weighted by molar-refractivity contribution is 8.26. The fourth-order valence-electron chi connectivity index (χ4n) is 4.33. The number of fused-ring (bicyclic) bond motifs is 1. The van der Waals surface area contributed by atoms with Crippen LogP contribution in [-0.2, 0) is 10.0 Å². The van der Waals surface area contributed by atoms with E-state index < -0.39 is 32.2 Å². The third kappa shape index (κ3) is 5.38. The summed E-state index contributed by atoms with van der Waals surface area (Å²) < 4.78 is 54.5. The van der Waals surface area contributed by atoms with Gasteiger partial charge in [-0.3, -0.25) is 5.41 Å². The molecule has 2 amide bonds. The number of benzene rings is 1. The highest BCUT2D eigenvalue weighted by Crippen LogP contribution is 2.39. The first-order chi connectivity index (χ1) is 17.4. The summed E-state index contributed by atoms with van der Waals surface area (Å²) in [7, 11) is -2.52. The SMILES string of the molecule is CN1C[C@H]2CN(c3cc(S(=O)(=O)NC4(C#N)CC4)cc(N=C(N)SC(=N)C(F)F)c3C=N)CCN2C1=O.[HH]. The van der Waals surface area contributed by atoms with Crippen LogP contribution in [0.5, 0.6) is 0 Å². The number of nitrogens with zero attached hydrogens (tertiary/aromatic N) is 5. The van der Waals surface area contributed by atoms with Crippen LogP contribution in [-0.4, -0.2) is 91.9 Å². The summed E-state index contributed by atoms with van der Waals surface area (Å²) in [6.07, 6.45) is -1.37. The van der Waals surface area contributed by atoms with Gasteiger partial charge in [0.05, 0.1) is 22.7 Å². The minimum Gasteiger partial charge on any atom is -0.378 e. The molecule has 1 saturated carbocycles. The number of halogens is 2. The normalized spacial score (nSPS) is 21.2. The van der Waals surface area contributed by atoms with Crippen LogP contribution in [0.1, 0.15) is 19.8 Å². The van der Waals surface area contributed by atoms with Gasteiger partial charge in [-0.15, -0.1) is 0 Å². The molecule has 200 valence electrons. The zero-order valence-electron chi connectivity index (χ0n) is 19.7. The number of nitrogens with two attached hydrogens (primary N) is 1. The van der Waals surface area contributed by atoms with Crippen molar-refractivity contribution in [3.63, 3.8) is 0 Å². The molecule has 2 heterocycles. The molecule has 0 radical (unpaired) electrons. The number of carbonyl (C=O) groups is 1. The summed E-state index contributed by atoms with van der Waals surface area (Å²) in [5.41, 5.74) is 5.05. The molecule has 16 heteroatoms.